The van der Waals surface area contributed by atoms with E-state index < -0.39 is 10.0 Å². The Bertz CT molecular complexity index is 930. The molecule has 30 heavy (non-hydrogen) atoms. The molecular weight excluding hydrogens is 404 g/mol. The maximum Gasteiger partial charge on any atom is 0.251 e. The van der Waals surface area contributed by atoms with E-state index in [1.807, 2.05) is 44.2 Å². The number of amides is 1. The van der Waals surface area contributed by atoms with Crippen molar-refractivity contribution in [1.29, 1.82) is 0 Å². The van der Waals surface area contributed by atoms with Crippen LogP contribution in [0.5, 0.6) is 5.75 Å². The van der Waals surface area contributed by atoms with E-state index in [2.05, 4.69) is 5.32 Å². The first-order valence-corrected chi connectivity index (χ1v) is 11.3. The van der Waals surface area contributed by atoms with Gasteiger partial charge >= 0.3 is 0 Å². The molecule has 7 nitrogen and oxygen atoms in total. The summed E-state index contributed by atoms with van der Waals surface area (Å²) in [5.41, 5.74) is 1.12. The topological polar surface area (TPSA) is 84.9 Å². The zero-order chi connectivity index (χ0) is 22.1. The summed E-state index contributed by atoms with van der Waals surface area (Å²) in [6, 6.07) is 13.7. The van der Waals surface area contributed by atoms with Crippen LogP contribution in [0.25, 0.3) is 0 Å². The first-order valence-electron chi connectivity index (χ1n) is 9.83. The molecule has 0 saturated carbocycles. The smallest absolute Gasteiger partial charge is 0.251 e. The SMILES string of the molecule is COc1ccc(C(=O)NCCCOC(C)C)cc1S(=O)(=O)N(C)Cc1ccccc1. The zero-order valence-corrected chi connectivity index (χ0v) is 18.7. The van der Waals surface area contributed by atoms with E-state index in [0.717, 1.165) is 5.56 Å². The number of sulfonamides is 1. The van der Waals surface area contributed by atoms with Crippen molar-refractivity contribution in [3.05, 3.63) is 59.7 Å². The fourth-order valence-corrected chi connectivity index (χ4v) is 4.14. The molecule has 0 fully saturated rings. The highest BCUT2D eigenvalue weighted by Gasteiger charge is 2.26. The van der Waals surface area contributed by atoms with Crippen LogP contribution in [0.2, 0.25) is 0 Å². The fourth-order valence-electron chi connectivity index (χ4n) is 2.81. The molecule has 0 aromatic heterocycles. The van der Waals surface area contributed by atoms with Crippen molar-refractivity contribution in [3.63, 3.8) is 0 Å². The van der Waals surface area contributed by atoms with E-state index >= 15 is 0 Å². The van der Waals surface area contributed by atoms with Crippen molar-refractivity contribution in [2.75, 3.05) is 27.3 Å². The van der Waals surface area contributed by atoms with E-state index in [4.69, 9.17) is 9.47 Å². The molecule has 2 aromatic rings. The molecule has 0 atom stereocenters. The molecule has 0 aliphatic heterocycles. The Kier molecular flexibility index (Phi) is 8.83. The predicted molar refractivity (Wildman–Crippen MR) is 116 cm³/mol. The molecule has 1 amide bonds. The van der Waals surface area contributed by atoms with Gasteiger partial charge in [-0.15, -0.1) is 0 Å². The summed E-state index contributed by atoms with van der Waals surface area (Å²) in [6.45, 7) is 5.09. The standard InChI is InChI=1S/C22H30N2O5S/c1-17(2)29-14-8-13-23-22(25)19-11-12-20(28-4)21(15-19)30(26,27)24(3)16-18-9-6-5-7-10-18/h5-7,9-12,15,17H,8,13-14,16H2,1-4H3,(H,23,25). The summed E-state index contributed by atoms with van der Waals surface area (Å²) >= 11 is 0. The lowest BCUT2D eigenvalue weighted by Gasteiger charge is -2.19. The Hall–Kier alpha value is -2.42. The van der Waals surface area contributed by atoms with Crippen molar-refractivity contribution in [2.45, 2.75) is 37.8 Å². The Morgan fingerprint density at radius 1 is 1.13 bits per heavy atom. The number of hydrogen-bond acceptors (Lipinski definition) is 5. The molecule has 2 rings (SSSR count). The highest BCUT2D eigenvalue weighted by atomic mass is 32.2. The minimum atomic E-state index is -3.87. The van der Waals surface area contributed by atoms with Crippen LogP contribution in [0.15, 0.2) is 53.4 Å². The van der Waals surface area contributed by atoms with Gasteiger partial charge in [0, 0.05) is 32.3 Å². The van der Waals surface area contributed by atoms with E-state index in [-0.39, 0.29) is 34.8 Å². The maximum atomic E-state index is 13.2. The summed E-state index contributed by atoms with van der Waals surface area (Å²) in [4.78, 5) is 12.4. The molecule has 2 aromatic carbocycles. The van der Waals surface area contributed by atoms with Crippen LogP contribution in [-0.4, -0.2) is 52.0 Å². The van der Waals surface area contributed by atoms with Gasteiger partial charge in [0.05, 0.1) is 13.2 Å². The summed E-state index contributed by atoms with van der Waals surface area (Å²) in [7, 11) is -0.960. The van der Waals surface area contributed by atoms with Crippen LogP contribution >= 0.6 is 0 Å². The number of nitrogens with one attached hydrogen (secondary N) is 1. The number of benzene rings is 2. The van der Waals surface area contributed by atoms with Crippen molar-refractivity contribution >= 4 is 15.9 Å². The Labute approximate surface area is 179 Å². The second-order valence-corrected chi connectivity index (χ2v) is 9.15. The summed E-state index contributed by atoms with van der Waals surface area (Å²) < 4.78 is 38.2. The molecule has 0 aliphatic carbocycles. The van der Waals surface area contributed by atoms with Crippen molar-refractivity contribution in [2.24, 2.45) is 0 Å². The van der Waals surface area contributed by atoms with E-state index in [1.54, 1.807) is 6.07 Å². The third-order valence-electron chi connectivity index (χ3n) is 4.42. The molecule has 164 valence electrons. The number of rotatable bonds is 11. The van der Waals surface area contributed by atoms with Crippen molar-refractivity contribution in [3.8, 4) is 5.75 Å². The molecule has 0 radical (unpaired) electrons. The van der Waals surface area contributed by atoms with Crippen LogP contribution in [-0.2, 0) is 21.3 Å². The minimum absolute atomic E-state index is 0.0424. The second kappa shape index (κ2) is 11.1. The van der Waals surface area contributed by atoms with Gasteiger partial charge in [0.2, 0.25) is 10.0 Å². The van der Waals surface area contributed by atoms with Gasteiger partial charge < -0.3 is 14.8 Å². The van der Waals surface area contributed by atoms with Crippen LogP contribution in [0.3, 0.4) is 0 Å². The number of methoxy groups -OCH3 is 1. The average molecular weight is 435 g/mol. The average Bonchev–Trinajstić information content (AvgIpc) is 2.73. The number of nitrogens with zero attached hydrogens (tertiary/aromatic N) is 1. The first-order chi connectivity index (χ1) is 14.3. The Morgan fingerprint density at radius 3 is 2.47 bits per heavy atom. The second-order valence-electron chi connectivity index (χ2n) is 7.14. The van der Waals surface area contributed by atoms with Gasteiger partial charge in [-0.05, 0) is 44.0 Å². The molecule has 0 heterocycles. The minimum Gasteiger partial charge on any atom is -0.495 e. The highest BCUT2D eigenvalue weighted by molar-refractivity contribution is 7.89. The van der Waals surface area contributed by atoms with Crippen molar-refractivity contribution in [1.82, 2.24) is 9.62 Å². The lowest BCUT2D eigenvalue weighted by atomic mass is 10.2. The summed E-state index contributed by atoms with van der Waals surface area (Å²) in [5.74, 6) is -0.152. The van der Waals surface area contributed by atoms with Gasteiger partial charge in [0.25, 0.3) is 5.91 Å². The highest BCUT2D eigenvalue weighted by Crippen LogP contribution is 2.28. The molecule has 0 bridgehead atoms. The Balaban J connectivity index is 2.15. The quantitative estimate of drug-likeness (QED) is 0.550. The normalized spacial score (nSPS) is 11.7. The predicted octanol–water partition coefficient (Wildman–Crippen LogP) is 3.06. The van der Waals surface area contributed by atoms with Gasteiger partial charge in [-0.1, -0.05) is 30.3 Å². The summed E-state index contributed by atoms with van der Waals surface area (Å²) in [5, 5.41) is 2.79. The molecule has 0 spiro atoms. The molecule has 0 saturated heterocycles. The largest absolute Gasteiger partial charge is 0.495 e. The maximum absolute atomic E-state index is 13.2. The molecule has 0 unspecified atom stereocenters. The number of hydrogen-bond donors (Lipinski definition) is 1. The molecule has 0 aliphatic rings. The monoisotopic (exact) mass is 434 g/mol. The van der Waals surface area contributed by atoms with E-state index in [0.29, 0.717) is 19.6 Å². The number of carbonyl (C=O) groups is 1. The third kappa shape index (κ3) is 6.55. The van der Waals surface area contributed by atoms with Gasteiger partial charge in [-0.3, -0.25) is 4.79 Å². The van der Waals surface area contributed by atoms with Crippen LogP contribution in [0, 0.1) is 0 Å². The van der Waals surface area contributed by atoms with Crippen LogP contribution < -0.4 is 10.1 Å². The summed E-state index contributed by atoms with van der Waals surface area (Å²) in [6.07, 6.45) is 0.813. The molecular formula is C22H30N2O5S. The zero-order valence-electron chi connectivity index (χ0n) is 17.9. The van der Waals surface area contributed by atoms with Gasteiger partial charge in [-0.25, -0.2) is 8.42 Å². The first kappa shape index (κ1) is 23.9. The van der Waals surface area contributed by atoms with E-state index in [1.165, 1.54) is 30.6 Å². The molecule has 1 N–H and O–H groups in total. The Morgan fingerprint density at radius 2 is 1.83 bits per heavy atom. The number of carbonyl (C=O) groups excluding carboxylic acids is 1. The van der Waals surface area contributed by atoms with E-state index in [9.17, 15) is 13.2 Å². The van der Waals surface area contributed by atoms with Crippen molar-refractivity contribution < 1.29 is 22.7 Å². The van der Waals surface area contributed by atoms with Crippen LogP contribution in [0.1, 0.15) is 36.2 Å². The van der Waals surface area contributed by atoms with Gasteiger partial charge in [0.15, 0.2) is 0 Å². The number of ether oxygens (including phenoxy) is 2. The lowest BCUT2D eigenvalue weighted by molar-refractivity contribution is 0.0757. The van der Waals surface area contributed by atoms with Gasteiger partial charge in [0.1, 0.15) is 10.6 Å². The molecule has 8 heteroatoms. The fraction of sp³-hybridized carbons (Fsp3) is 0.409. The lowest BCUT2D eigenvalue weighted by Crippen LogP contribution is -2.28. The van der Waals surface area contributed by atoms with Crippen LogP contribution in [0.4, 0.5) is 0 Å². The third-order valence-corrected chi connectivity index (χ3v) is 6.24. The van der Waals surface area contributed by atoms with Gasteiger partial charge in [-0.2, -0.15) is 4.31 Å².